The third kappa shape index (κ3) is 3.99. The Kier molecular flexibility index (Phi) is 4.96. The van der Waals surface area contributed by atoms with Gasteiger partial charge in [0.25, 0.3) is 0 Å². The van der Waals surface area contributed by atoms with Gasteiger partial charge in [0.05, 0.1) is 11.9 Å². The van der Waals surface area contributed by atoms with Gasteiger partial charge in [0.15, 0.2) is 0 Å². The van der Waals surface area contributed by atoms with E-state index in [1.165, 1.54) is 29.5 Å². The average Bonchev–Trinajstić information content (AvgIpc) is 2.96. The molecule has 24 heavy (non-hydrogen) atoms. The van der Waals surface area contributed by atoms with Crippen LogP contribution >= 0.6 is 11.3 Å². The summed E-state index contributed by atoms with van der Waals surface area (Å²) in [4.78, 5) is 0. The van der Waals surface area contributed by atoms with E-state index in [9.17, 15) is 17.9 Å². The number of aliphatic hydroxyl groups is 1. The van der Waals surface area contributed by atoms with Crippen molar-refractivity contribution < 1.29 is 17.9 Å². The molecule has 3 rings (SSSR count). The van der Waals surface area contributed by atoms with Crippen molar-refractivity contribution in [3.63, 3.8) is 0 Å². The highest BCUT2D eigenvalue weighted by Crippen LogP contribution is 2.29. The second kappa shape index (κ2) is 6.98. The summed E-state index contributed by atoms with van der Waals surface area (Å²) in [5.74, 6) is -0.811. The topological polar surface area (TPSA) is 66.4 Å². The summed E-state index contributed by atoms with van der Waals surface area (Å²) in [6, 6.07) is 13.1. The maximum absolute atomic E-state index is 13.1. The van der Waals surface area contributed by atoms with Crippen LogP contribution in [0.25, 0.3) is 10.1 Å². The van der Waals surface area contributed by atoms with E-state index >= 15 is 0 Å². The molecule has 7 heteroatoms. The zero-order valence-electron chi connectivity index (χ0n) is 12.6. The van der Waals surface area contributed by atoms with Crippen molar-refractivity contribution in [1.82, 2.24) is 4.72 Å². The van der Waals surface area contributed by atoms with Gasteiger partial charge in [0.1, 0.15) is 5.82 Å². The number of halogens is 1. The van der Waals surface area contributed by atoms with Crippen molar-refractivity contribution in [2.45, 2.75) is 11.9 Å². The second-order valence-corrected chi connectivity index (χ2v) is 8.16. The highest BCUT2D eigenvalue weighted by Gasteiger charge is 2.17. The van der Waals surface area contributed by atoms with Crippen LogP contribution in [0.5, 0.6) is 0 Å². The summed E-state index contributed by atoms with van der Waals surface area (Å²) in [6.07, 6.45) is -0.941. The fourth-order valence-corrected chi connectivity index (χ4v) is 4.61. The van der Waals surface area contributed by atoms with Gasteiger partial charge in [-0.2, -0.15) is 0 Å². The summed E-state index contributed by atoms with van der Waals surface area (Å²) in [7, 11) is -3.66. The first kappa shape index (κ1) is 17.0. The molecule has 4 nitrogen and oxygen atoms in total. The molecule has 0 aliphatic rings. The number of fused-ring (bicyclic) bond motifs is 1. The fourth-order valence-electron chi connectivity index (χ4n) is 2.47. The van der Waals surface area contributed by atoms with Crippen LogP contribution in [-0.2, 0) is 15.8 Å². The van der Waals surface area contributed by atoms with Crippen molar-refractivity contribution in [2.24, 2.45) is 0 Å². The minimum absolute atomic E-state index is 0.127. The average molecular weight is 365 g/mol. The first-order valence-corrected chi connectivity index (χ1v) is 9.84. The molecular weight excluding hydrogens is 349 g/mol. The normalized spacial score (nSPS) is 13.2. The zero-order valence-corrected chi connectivity index (χ0v) is 14.3. The van der Waals surface area contributed by atoms with E-state index in [0.29, 0.717) is 11.1 Å². The van der Waals surface area contributed by atoms with Gasteiger partial charge in [-0.1, -0.05) is 30.3 Å². The SMILES string of the molecule is O=S(=O)(Cc1cccc(F)c1)NCC(O)c1csc2ccccc12. The number of nitrogens with one attached hydrogen (secondary N) is 1. The third-order valence-electron chi connectivity index (χ3n) is 3.61. The van der Waals surface area contributed by atoms with E-state index in [-0.39, 0.29) is 12.3 Å². The second-order valence-electron chi connectivity index (χ2n) is 5.44. The molecule has 0 bridgehead atoms. The molecule has 0 amide bonds. The lowest BCUT2D eigenvalue weighted by Crippen LogP contribution is -2.29. The molecule has 1 aromatic heterocycles. The van der Waals surface area contributed by atoms with Gasteiger partial charge in [0, 0.05) is 16.8 Å². The Hall–Kier alpha value is -1.80. The molecule has 0 saturated heterocycles. The summed E-state index contributed by atoms with van der Waals surface area (Å²) in [5.41, 5.74) is 1.06. The van der Waals surface area contributed by atoms with Crippen LogP contribution in [0.1, 0.15) is 17.2 Å². The van der Waals surface area contributed by atoms with Crippen molar-refractivity contribution >= 4 is 31.4 Å². The monoisotopic (exact) mass is 365 g/mol. The van der Waals surface area contributed by atoms with Gasteiger partial charge in [0.2, 0.25) is 10.0 Å². The van der Waals surface area contributed by atoms with Crippen LogP contribution in [0.2, 0.25) is 0 Å². The van der Waals surface area contributed by atoms with Crippen molar-refractivity contribution in [1.29, 1.82) is 0 Å². The van der Waals surface area contributed by atoms with E-state index in [4.69, 9.17) is 0 Å². The standard InChI is InChI=1S/C17H16FNO3S2/c18-13-5-3-4-12(8-13)11-24(21,22)19-9-16(20)15-10-23-17-7-2-1-6-14(15)17/h1-8,10,16,19-20H,9,11H2. The summed E-state index contributed by atoms with van der Waals surface area (Å²) >= 11 is 1.50. The molecule has 0 saturated carbocycles. The van der Waals surface area contributed by atoms with E-state index < -0.39 is 21.9 Å². The van der Waals surface area contributed by atoms with Gasteiger partial charge in [-0.25, -0.2) is 17.5 Å². The molecule has 126 valence electrons. The molecule has 0 aliphatic heterocycles. The van der Waals surface area contributed by atoms with Crippen molar-refractivity contribution in [3.8, 4) is 0 Å². The number of hydrogen-bond donors (Lipinski definition) is 2. The molecule has 3 aromatic rings. The van der Waals surface area contributed by atoms with Crippen LogP contribution < -0.4 is 4.72 Å². The van der Waals surface area contributed by atoms with Gasteiger partial charge in [-0.05, 0) is 34.5 Å². The number of aliphatic hydroxyl groups excluding tert-OH is 1. The summed E-state index contributed by atoms with van der Waals surface area (Å²) in [6.45, 7) is -0.127. The van der Waals surface area contributed by atoms with Crippen molar-refractivity contribution in [3.05, 3.63) is 70.9 Å². The minimum Gasteiger partial charge on any atom is -0.387 e. The largest absolute Gasteiger partial charge is 0.387 e. The third-order valence-corrected chi connectivity index (χ3v) is 5.91. The van der Waals surface area contributed by atoms with Crippen molar-refractivity contribution in [2.75, 3.05) is 6.54 Å². The maximum Gasteiger partial charge on any atom is 0.215 e. The lowest BCUT2D eigenvalue weighted by Gasteiger charge is -2.12. The predicted octanol–water partition coefficient (Wildman–Crippen LogP) is 3.19. The Balaban J connectivity index is 1.68. The first-order valence-electron chi connectivity index (χ1n) is 7.30. The van der Waals surface area contributed by atoms with E-state index in [0.717, 1.165) is 10.1 Å². The molecule has 0 spiro atoms. The molecule has 0 fully saturated rings. The van der Waals surface area contributed by atoms with Gasteiger partial charge < -0.3 is 5.11 Å². The highest BCUT2D eigenvalue weighted by molar-refractivity contribution is 7.88. The first-order chi connectivity index (χ1) is 11.4. The molecule has 0 aliphatic carbocycles. The Morgan fingerprint density at radius 3 is 2.75 bits per heavy atom. The molecule has 1 heterocycles. The van der Waals surface area contributed by atoms with Crippen LogP contribution in [-0.4, -0.2) is 20.1 Å². The van der Waals surface area contributed by atoms with Crippen LogP contribution in [0.4, 0.5) is 4.39 Å². The van der Waals surface area contributed by atoms with E-state index in [2.05, 4.69) is 4.72 Å². The molecule has 0 radical (unpaired) electrons. The molecule has 1 unspecified atom stereocenters. The highest BCUT2D eigenvalue weighted by atomic mass is 32.2. The Bertz CT molecular complexity index is 953. The minimum atomic E-state index is -3.66. The lowest BCUT2D eigenvalue weighted by molar-refractivity contribution is 0.184. The zero-order chi connectivity index (χ0) is 17.2. The van der Waals surface area contributed by atoms with Gasteiger partial charge in [-0.3, -0.25) is 0 Å². The number of benzene rings is 2. The predicted molar refractivity (Wildman–Crippen MR) is 93.8 cm³/mol. The van der Waals surface area contributed by atoms with Crippen LogP contribution in [0, 0.1) is 5.82 Å². The van der Waals surface area contributed by atoms with E-state index in [1.807, 2.05) is 29.6 Å². The fraction of sp³-hybridized carbons (Fsp3) is 0.176. The Morgan fingerprint density at radius 1 is 1.17 bits per heavy atom. The smallest absolute Gasteiger partial charge is 0.215 e. The lowest BCUT2D eigenvalue weighted by atomic mass is 10.1. The van der Waals surface area contributed by atoms with Crippen LogP contribution in [0.15, 0.2) is 53.9 Å². The number of thiophene rings is 1. The maximum atomic E-state index is 13.1. The molecule has 1 atom stereocenters. The quantitative estimate of drug-likeness (QED) is 0.705. The number of hydrogen-bond acceptors (Lipinski definition) is 4. The summed E-state index contributed by atoms with van der Waals surface area (Å²) in [5, 5.41) is 13.0. The number of sulfonamides is 1. The van der Waals surface area contributed by atoms with Gasteiger partial charge >= 0.3 is 0 Å². The number of rotatable bonds is 6. The van der Waals surface area contributed by atoms with E-state index in [1.54, 1.807) is 6.07 Å². The molecule has 2 aromatic carbocycles. The molecular formula is C17H16FNO3S2. The Labute approximate surface area is 143 Å². The Morgan fingerprint density at radius 2 is 1.96 bits per heavy atom. The summed E-state index contributed by atoms with van der Waals surface area (Å²) < 4.78 is 40.8. The van der Waals surface area contributed by atoms with Crippen LogP contribution in [0.3, 0.4) is 0 Å². The van der Waals surface area contributed by atoms with Gasteiger partial charge in [-0.15, -0.1) is 11.3 Å². The molecule has 2 N–H and O–H groups in total.